The van der Waals surface area contributed by atoms with E-state index < -0.39 is 12.0 Å². The Kier molecular flexibility index (Phi) is 8.19. The highest BCUT2D eigenvalue weighted by Gasteiger charge is 2.38. The molecule has 0 aromatic heterocycles. The van der Waals surface area contributed by atoms with Crippen molar-refractivity contribution in [1.29, 1.82) is 0 Å². The van der Waals surface area contributed by atoms with Gasteiger partial charge in [0.15, 0.2) is 0 Å². The number of likely N-dealkylation sites (N-methyl/N-ethyl adjacent to an activating group) is 1. The number of hydrogen-bond donors (Lipinski definition) is 1. The molecule has 2 unspecified atom stereocenters. The minimum Gasteiger partial charge on any atom is -0.463 e. The van der Waals surface area contributed by atoms with Crippen LogP contribution in [-0.4, -0.2) is 78.5 Å². The van der Waals surface area contributed by atoms with E-state index in [0.717, 1.165) is 5.56 Å². The third-order valence-electron chi connectivity index (χ3n) is 6.90. The molecular formula is C28H33ClN4O4. The second kappa shape index (κ2) is 11.4. The van der Waals surface area contributed by atoms with Crippen LogP contribution in [0.4, 0.5) is 4.79 Å². The van der Waals surface area contributed by atoms with Crippen molar-refractivity contribution in [3.8, 4) is 0 Å². The summed E-state index contributed by atoms with van der Waals surface area (Å²) in [6, 6.07) is 13.7. The van der Waals surface area contributed by atoms with Gasteiger partial charge in [0.05, 0.1) is 18.2 Å². The molecule has 0 aliphatic carbocycles. The molecule has 1 fully saturated rings. The van der Waals surface area contributed by atoms with E-state index in [2.05, 4.69) is 10.2 Å². The number of halogens is 1. The maximum absolute atomic E-state index is 13.2. The molecule has 0 saturated carbocycles. The van der Waals surface area contributed by atoms with Gasteiger partial charge in [0.1, 0.15) is 0 Å². The molecule has 1 N–H and O–H groups in total. The molecule has 196 valence electrons. The van der Waals surface area contributed by atoms with Gasteiger partial charge in [-0.1, -0.05) is 41.4 Å². The molecule has 0 bridgehead atoms. The highest BCUT2D eigenvalue weighted by Crippen LogP contribution is 2.33. The Balaban J connectivity index is 1.59. The second-order valence-corrected chi connectivity index (χ2v) is 9.96. The molecule has 37 heavy (non-hydrogen) atoms. The summed E-state index contributed by atoms with van der Waals surface area (Å²) in [5, 5.41) is 3.43. The Morgan fingerprint density at radius 2 is 1.86 bits per heavy atom. The van der Waals surface area contributed by atoms with Crippen LogP contribution in [0.25, 0.3) is 0 Å². The van der Waals surface area contributed by atoms with Crippen LogP contribution in [0.15, 0.2) is 59.8 Å². The van der Waals surface area contributed by atoms with Crippen molar-refractivity contribution < 1.29 is 19.1 Å². The van der Waals surface area contributed by atoms with E-state index in [1.54, 1.807) is 32.2 Å². The summed E-state index contributed by atoms with van der Waals surface area (Å²) in [5.74, 6) is -0.468. The maximum atomic E-state index is 13.2. The Morgan fingerprint density at radius 3 is 2.51 bits per heavy atom. The third-order valence-corrected chi connectivity index (χ3v) is 7.13. The topological polar surface area (TPSA) is 82.2 Å². The van der Waals surface area contributed by atoms with Crippen LogP contribution < -0.4 is 5.32 Å². The van der Waals surface area contributed by atoms with Gasteiger partial charge in [-0.25, -0.2) is 9.59 Å². The van der Waals surface area contributed by atoms with Crippen molar-refractivity contribution in [1.82, 2.24) is 20.0 Å². The number of nitrogens with zero attached hydrogens (tertiary/aromatic N) is 3. The Bertz CT molecular complexity index is 1210. The molecule has 2 aliphatic rings. The number of nitrogens with one attached hydrogen (secondary N) is 1. The molecule has 2 aromatic rings. The van der Waals surface area contributed by atoms with Crippen molar-refractivity contribution in [3.05, 3.63) is 81.5 Å². The van der Waals surface area contributed by atoms with Crippen molar-refractivity contribution in [3.63, 3.8) is 0 Å². The van der Waals surface area contributed by atoms with E-state index in [4.69, 9.17) is 16.3 Å². The predicted octanol–water partition coefficient (Wildman–Crippen LogP) is 4.01. The van der Waals surface area contributed by atoms with Crippen LogP contribution in [-0.2, 0) is 9.53 Å². The zero-order valence-electron chi connectivity index (χ0n) is 21.7. The number of carbonyl (C=O) groups excluding carboxylic acids is 3. The largest absolute Gasteiger partial charge is 0.463 e. The standard InChI is InChI=1S/C28H33ClN4O4/c1-5-37-27(35)24-23(31(4)28(36)30-25(24)21-7-6-8-22(29)15-21)17-32-13-14-33(19(3)16-32)26(34)20-11-9-18(2)10-12-20/h6-12,15,19,25H,5,13-14,16-17H2,1-4H3,(H,30,36). The quantitative estimate of drug-likeness (QED) is 0.577. The normalized spacial score (nSPS) is 20.6. The summed E-state index contributed by atoms with van der Waals surface area (Å²) in [5.41, 5.74) is 3.45. The van der Waals surface area contributed by atoms with E-state index >= 15 is 0 Å². The summed E-state index contributed by atoms with van der Waals surface area (Å²) in [4.78, 5) is 44.8. The van der Waals surface area contributed by atoms with Gasteiger partial charge in [0, 0.05) is 55.6 Å². The molecule has 9 heteroatoms. The number of ether oxygens (including phenoxy) is 1. The molecule has 2 aromatic carbocycles. The summed E-state index contributed by atoms with van der Waals surface area (Å²) < 4.78 is 5.41. The summed E-state index contributed by atoms with van der Waals surface area (Å²) in [6.07, 6.45) is 0. The molecule has 3 amide bonds. The second-order valence-electron chi connectivity index (χ2n) is 9.53. The van der Waals surface area contributed by atoms with Crippen molar-refractivity contribution in [2.75, 3.05) is 39.8 Å². The van der Waals surface area contributed by atoms with E-state index in [1.165, 1.54) is 4.90 Å². The molecule has 2 aliphatic heterocycles. The molecule has 0 spiro atoms. The number of amides is 3. The first-order valence-corrected chi connectivity index (χ1v) is 12.9. The lowest BCUT2D eigenvalue weighted by atomic mass is 9.94. The average molecular weight is 525 g/mol. The fourth-order valence-corrected chi connectivity index (χ4v) is 5.09. The fraction of sp³-hybridized carbons (Fsp3) is 0.393. The smallest absolute Gasteiger partial charge is 0.338 e. The van der Waals surface area contributed by atoms with Crippen LogP contribution in [0.3, 0.4) is 0 Å². The van der Waals surface area contributed by atoms with Gasteiger partial charge < -0.3 is 15.0 Å². The van der Waals surface area contributed by atoms with E-state index in [0.29, 0.717) is 53.6 Å². The van der Waals surface area contributed by atoms with Gasteiger partial charge in [-0.05, 0) is 50.6 Å². The number of urea groups is 1. The predicted molar refractivity (Wildman–Crippen MR) is 142 cm³/mol. The number of rotatable bonds is 6. The summed E-state index contributed by atoms with van der Waals surface area (Å²) in [6.45, 7) is 8.11. The van der Waals surface area contributed by atoms with Crippen molar-refractivity contribution >= 4 is 29.5 Å². The molecule has 8 nitrogen and oxygen atoms in total. The molecular weight excluding hydrogens is 492 g/mol. The average Bonchev–Trinajstić information content (AvgIpc) is 2.87. The van der Waals surface area contributed by atoms with Crippen LogP contribution in [0.1, 0.15) is 41.4 Å². The number of carbonyl (C=O) groups is 3. The van der Waals surface area contributed by atoms with Gasteiger partial charge in [-0.2, -0.15) is 0 Å². The van der Waals surface area contributed by atoms with Gasteiger partial charge in [0.25, 0.3) is 5.91 Å². The Morgan fingerprint density at radius 1 is 1.14 bits per heavy atom. The first kappa shape index (κ1) is 26.7. The number of piperazine rings is 1. The van der Waals surface area contributed by atoms with E-state index in [9.17, 15) is 14.4 Å². The zero-order valence-corrected chi connectivity index (χ0v) is 22.4. The summed E-state index contributed by atoms with van der Waals surface area (Å²) in [7, 11) is 1.65. The van der Waals surface area contributed by atoms with Crippen molar-refractivity contribution in [2.24, 2.45) is 0 Å². The lowest BCUT2D eigenvalue weighted by Crippen LogP contribution is -2.56. The number of benzene rings is 2. The van der Waals surface area contributed by atoms with Crippen LogP contribution in [0.2, 0.25) is 5.02 Å². The Hall–Kier alpha value is -3.36. The van der Waals surface area contributed by atoms with Gasteiger partial charge >= 0.3 is 12.0 Å². The highest BCUT2D eigenvalue weighted by atomic mass is 35.5. The van der Waals surface area contributed by atoms with Crippen LogP contribution in [0.5, 0.6) is 0 Å². The molecule has 0 radical (unpaired) electrons. The van der Waals surface area contributed by atoms with Gasteiger partial charge in [0.2, 0.25) is 0 Å². The summed E-state index contributed by atoms with van der Waals surface area (Å²) >= 11 is 6.22. The number of esters is 1. The molecule has 2 heterocycles. The zero-order chi connectivity index (χ0) is 26.7. The van der Waals surface area contributed by atoms with Crippen LogP contribution in [0, 0.1) is 6.92 Å². The van der Waals surface area contributed by atoms with Gasteiger partial charge in [-0.3, -0.25) is 14.6 Å². The number of aryl methyl sites for hydroxylation is 1. The highest BCUT2D eigenvalue weighted by molar-refractivity contribution is 6.30. The first-order valence-electron chi connectivity index (χ1n) is 12.5. The third kappa shape index (κ3) is 5.81. The first-order chi connectivity index (χ1) is 17.7. The molecule has 4 rings (SSSR count). The van der Waals surface area contributed by atoms with E-state index in [-0.39, 0.29) is 24.6 Å². The molecule has 1 saturated heterocycles. The molecule has 2 atom stereocenters. The minimum atomic E-state index is -0.682. The van der Waals surface area contributed by atoms with Crippen LogP contribution >= 0.6 is 11.6 Å². The van der Waals surface area contributed by atoms with Crippen molar-refractivity contribution in [2.45, 2.75) is 32.9 Å². The monoisotopic (exact) mass is 524 g/mol. The van der Waals surface area contributed by atoms with Gasteiger partial charge in [-0.15, -0.1) is 0 Å². The minimum absolute atomic E-state index is 0.00811. The Labute approximate surface area is 222 Å². The lowest BCUT2D eigenvalue weighted by Gasteiger charge is -2.42. The lowest BCUT2D eigenvalue weighted by molar-refractivity contribution is -0.139. The fourth-order valence-electron chi connectivity index (χ4n) is 4.89. The maximum Gasteiger partial charge on any atom is 0.338 e. The number of hydrogen-bond acceptors (Lipinski definition) is 5. The SMILES string of the molecule is CCOC(=O)C1=C(CN2CCN(C(=O)c3ccc(C)cc3)C(C)C2)N(C)C(=O)NC1c1cccc(Cl)c1. The van der Waals surface area contributed by atoms with E-state index in [1.807, 2.05) is 49.1 Å².